The van der Waals surface area contributed by atoms with E-state index in [1.807, 2.05) is 13.8 Å². The van der Waals surface area contributed by atoms with E-state index in [9.17, 15) is 9.59 Å². The lowest BCUT2D eigenvalue weighted by molar-refractivity contribution is -0.128. The first kappa shape index (κ1) is 16.9. The van der Waals surface area contributed by atoms with Crippen molar-refractivity contribution in [1.29, 1.82) is 0 Å². The molecule has 3 N–H and O–H groups in total. The molecule has 0 aromatic carbocycles. The van der Waals surface area contributed by atoms with Crippen molar-refractivity contribution in [1.82, 2.24) is 16.0 Å². The van der Waals surface area contributed by atoms with Gasteiger partial charge in [0.1, 0.15) is 6.04 Å². The van der Waals surface area contributed by atoms with Crippen LogP contribution in [-0.4, -0.2) is 51.2 Å². The summed E-state index contributed by atoms with van der Waals surface area (Å²) < 4.78 is 4.84. The molecule has 0 radical (unpaired) electrons. The van der Waals surface area contributed by atoms with Gasteiger partial charge in [0.15, 0.2) is 0 Å². The first-order valence-corrected chi connectivity index (χ1v) is 6.24. The molecule has 1 unspecified atom stereocenters. The topological polar surface area (TPSA) is 79.5 Å². The molecule has 0 bridgehead atoms. The summed E-state index contributed by atoms with van der Waals surface area (Å²) in [6, 6.07) is -0.513. The van der Waals surface area contributed by atoms with Crippen LogP contribution < -0.4 is 16.0 Å². The highest BCUT2D eigenvalue weighted by atomic mass is 16.5. The zero-order chi connectivity index (χ0) is 14.0. The third-order valence-electron chi connectivity index (χ3n) is 2.22. The van der Waals surface area contributed by atoms with Gasteiger partial charge in [-0.3, -0.25) is 9.59 Å². The molecule has 0 saturated carbocycles. The number of hydrogen-bond donors (Lipinski definition) is 3. The molecule has 0 rings (SSSR count). The second-order valence-corrected chi connectivity index (χ2v) is 4.60. The van der Waals surface area contributed by atoms with Crippen LogP contribution in [0, 0.1) is 5.92 Å². The summed E-state index contributed by atoms with van der Waals surface area (Å²) in [6.45, 7) is 7.67. The Bertz CT molecular complexity index is 257. The van der Waals surface area contributed by atoms with Crippen LogP contribution in [0.25, 0.3) is 0 Å². The summed E-state index contributed by atoms with van der Waals surface area (Å²) in [5.74, 6) is 0.0415. The molecule has 18 heavy (non-hydrogen) atoms. The van der Waals surface area contributed by atoms with Gasteiger partial charge in [-0.25, -0.2) is 0 Å². The van der Waals surface area contributed by atoms with Gasteiger partial charge in [0, 0.05) is 20.2 Å². The summed E-state index contributed by atoms with van der Waals surface area (Å²) in [7, 11) is 1.60. The summed E-state index contributed by atoms with van der Waals surface area (Å²) >= 11 is 0. The van der Waals surface area contributed by atoms with E-state index >= 15 is 0 Å². The van der Waals surface area contributed by atoms with E-state index in [0.717, 1.165) is 0 Å². The van der Waals surface area contributed by atoms with Crippen molar-refractivity contribution < 1.29 is 14.3 Å². The van der Waals surface area contributed by atoms with E-state index in [0.29, 0.717) is 25.6 Å². The Hall–Kier alpha value is -1.14. The van der Waals surface area contributed by atoms with E-state index in [1.54, 1.807) is 14.0 Å². The monoisotopic (exact) mass is 259 g/mol. The van der Waals surface area contributed by atoms with Crippen molar-refractivity contribution in [2.75, 3.05) is 33.4 Å². The molecular weight excluding hydrogens is 234 g/mol. The molecule has 0 aliphatic carbocycles. The molecule has 0 aromatic heterocycles. The molecule has 106 valence electrons. The predicted octanol–water partition coefficient (Wildman–Crippen LogP) is -0.501. The molecule has 0 saturated heterocycles. The Morgan fingerprint density at radius 1 is 1.22 bits per heavy atom. The minimum absolute atomic E-state index is 0.158. The van der Waals surface area contributed by atoms with Crippen LogP contribution in [0.5, 0.6) is 0 Å². The van der Waals surface area contributed by atoms with E-state index < -0.39 is 6.04 Å². The Morgan fingerprint density at radius 3 is 2.44 bits per heavy atom. The highest BCUT2D eigenvalue weighted by Gasteiger charge is 2.14. The molecule has 0 heterocycles. The predicted molar refractivity (Wildman–Crippen MR) is 70.2 cm³/mol. The Labute approximate surface area is 109 Å². The van der Waals surface area contributed by atoms with Crippen LogP contribution in [0.3, 0.4) is 0 Å². The van der Waals surface area contributed by atoms with Gasteiger partial charge in [-0.1, -0.05) is 13.8 Å². The van der Waals surface area contributed by atoms with Crippen LogP contribution in [-0.2, 0) is 14.3 Å². The standard InChI is InChI=1S/C12H25N3O3/c1-9(2)7-14-12(17)10(3)15-11(16)8-13-5-6-18-4/h9-10,13H,5-8H2,1-4H3,(H,14,17)(H,15,16). The van der Waals surface area contributed by atoms with Gasteiger partial charge in [0.05, 0.1) is 13.2 Å². The molecule has 2 amide bonds. The number of nitrogens with one attached hydrogen (secondary N) is 3. The molecule has 0 aromatic rings. The van der Waals surface area contributed by atoms with Crippen molar-refractivity contribution in [3.8, 4) is 0 Å². The average Bonchev–Trinajstić information content (AvgIpc) is 2.31. The smallest absolute Gasteiger partial charge is 0.242 e. The first-order chi connectivity index (χ1) is 8.47. The number of ether oxygens (including phenoxy) is 1. The fourth-order valence-electron chi connectivity index (χ4n) is 1.19. The van der Waals surface area contributed by atoms with Gasteiger partial charge in [-0.2, -0.15) is 0 Å². The maximum atomic E-state index is 11.6. The average molecular weight is 259 g/mol. The van der Waals surface area contributed by atoms with Crippen LogP contribution in [0.1, 0.15) is 20.8 Å². The zero-order valence-corrected chi connectivity index (χ0v) is 11.7. The molecule has 6 nitrogen and oxygen atoms in total. The molecule has 0 fully saturated rings. The number of rotatable bonds is 9. The molecule has 1 atom stereocenters. The minimum atomic E-state index is -0.513. The Balaban J connectivity index is 3.74. The van der Waals surface area contributed by atoms with E-state index in [2.05, 4.69) is 16.0 Å². The molecular formula is C12H25N3O3. The molecule has 6 heteroatoms. The van der Waals surface area contributed by atoms with Crippen LogP contribution in [0.2, 0.25) is 0 Å². The quantitative estimate of drug-likeness (QED) is 0.488. The third-order valence-corrected chi connectivity index (χ3v) is 2.22. The number of methoxy groups -OCH3 is 1. The van der Waals surface area contributed by atoms with Crippen LogP contribution in [0.4, 0.5) is 0 Å². The van der Waals surface area contributed by atoms with Gasteiger partial charge in [0.25, 0.3) is 0 Å². The lowest BCUT2D eigenvalue weighted by Gasteiger charge is -2.15. The molecule has 0 aliphatic rings. The Morgan fingerprint density at radius 2 is 1.89 bits per heavy atom. The van der Waals surface area contributed by atoms with Gasteiger partial charge in [-0.15, -0.1) is 0 Å². The van der Waals surface area contributed by atoms with Crippen molar-refractivity contribution in [3.63, 3.8) is 0 Å². The van der Waals surface area contributed by atoms with Gasteiger partial charge >= 0.3 is 0 Å². The largest absolute Gasteiger partial charge is 0.383 e. The Kier molecular flexibility index (Phi) is 9.22. The number of carbonyl (C=O) groups excluding carboxylic acids is 2. The third kappa shape index (κ3) is 8.95. The second-order valence-electron chi connectivity index (χ2n) is 4.60. The number of hydrogen-bond acceptors (Lipinski definition) is 4. The SMILES string of the molecule is COCCNCC(=O)NC(C)C(=O)NCC(C)C. The van der Waals surface area contributed by atoms with Gasteiger partial charge in [0.2, 0.25) is 11.8 Å². The minimum Gasteiger partial charge on any atom is -0.383 e. The number of carbonyl (C=O) groups is 2. The fourth-order valence-corrected chi connectivity index (χ4v) is 1.19. The van der Waals surface area contributed by atoms with Gasteiger partial charge in [-0.05, 0) is 12.8 Å². The normalized spacial score (nSPS) is 12.3. The maximum Gasteiger partial charge on any atom is 0.242 e. The summed E-state index contributed by atoms with van der Waals surface area (Å²) in [5.41, 5.74) is 0. The van der Waals surface area contributed by atoms with Gasteiger partial charge < -0.3 is 20.7 Å². The van der Waals surface area contributed by atoms with Crippen molar-refractivity contribution in [2.45, 2.75) is 26.8 Å². The summed E-state index contributed by atoms with van der Waals surface area (Å²) in [5, 5.41) is 8.31. The van der Waals surface area contributed by atoms with Crippen LogP contribution >= 0.6 is 0 Å². The van der Waals surface area contributed by atoms with Crippen molar-refractivity contribution in [3.05, 3.63) is 0 Å². The zero-order valence-electron chi connectivity index (χ0n) is 11.7. The summed E-state index contributed by atoms with van der Waals surface area (Å²) in [6.07, 6.45) is 0. The van der Waals surface area contributed by atoms with E-state index in [4.69, 9.17) is 4.74 Å². The molecule has 0 aliphatic heterocycles. The first-order valence-electron chi connectivity index (χ1n) is 6.24. The maximum absolute atomic E-state index is 11.6. The van der Waals surface area contributed by atoms with E-state index in [-0.39, 0.29) is 18.4 Å². The molecule has 0 spiro atoms. The summed E-state index contributed by atoms with van der Waals surface area (Å²) in [4.78, 5) is 23.1. The van der Waals surface area contributed by atoms with Crippen molar-refractivity contribution in [2.24, 2.45) is 5.92 Å². The van der Waals surface area contributed by atoms with E-state index in [1.165, 1.54) is 0 Å². The highest BCUT2D eigenvalue weighted by molar-refractivity contribution is 5.87. The lowest BCUT2D eigenvalue weighted by Crippen LogP contribution is -2.48. The number of amides is 2. The fraction of sp³-hybridized carbons (Fsp3) is 0.833. The lowest BCUT2D eigenvalue weighted by atomic mass is 10.2. The second kappa shape index (κ2) is 9.85. The highest BCUT2D eigenvalue weighted by Crippen LogP contribution is 1.89. The van der Waals surface area contributed by atoms with Crippen LogP contribution in [0.15, 0.2) is 0 Å². The van der Waals surface area contributed by atoms with Crippen molar-refractivity contribution >= 4 is 11.8 Å².